The first-order chi connectivity index (χ1) is 8.45. The molecule has 1 aliphatic carbocycles. The predicted molar refractivity (Wildman–Crippen MR) is 76.5 cm³/mol. The van der Waals surface area contributed by atoms with Crippen molar-refractivity contribution < 1.29 is 9.18 Å². The zero-order valence-electron chi connectivity index (χ0n) is 10.00. The van der Waals surface area contributed by atoms with Crippen LogP contribution < -0.4 is 0 Å². The van der Waals surface area contributed by atoms with Gasteiger partial charge in [0, 0.05) is 28.5 Å². The van der Waals surface area contributed by atoms with Gasteiger partial charge in [-0.25, -0.2) is 4.39 Å². The van der Waals surface area contributed by atoms with E-state index >= 15 is 0 Å². The van der Waals surface area contributed by atoms with Gasteiger partial charge in [0.2, 0.25) is 0 Å². The molecule has 18 heavy (non-hydrogen) atoms. The summed E-state index contributed by atoms with van der Waals surface area (Å²) in [5, 5.41) is 0. The third-order valence-corrected chi connectivity index (χ3v) is 4.37. The first-order valence-electron chi connectivity index (χ1n) is 5.81. The van der Waals surface area contributed by atoms with Crippen molar-refractivity contribution in [2.75, 3.05) is 13.6 Å². The van der Waals surface area contributed by atoms with Crippen LogP contribution in [-0.4, -0.2) is 29.2 Å². The fraction of sp³-hybridized carbons (Fsp3) is 0.462. The molecule has 1 amide bonds. The normalized spacial score (nSPS) is 22.4. The second-order valence-corrected chi connectivity index (χ2v) is 6.99. The van der Waals surface area contributed by atoms with E-state index in [0.29, 0.717) is 20.8 Å². The lowest BCUT2D eigenvalue weighted by Gasteiger charge is -2.34. The highest BCUT2D eigenvalue weighted by Gasteiger charge is 2.29. The van der Waals surface area contributed by atoms with Crippen molar-refractivity contribution in [3.63, 3.8) is 0 Å². The molecule has 0 atom stereocenters. The fourth-order valence-electron chi connectivity index (χ4n) is 2.17. The highest BCUT2D eigenvalue weighted by molar-refractivity contribution is 9.10. The van der Waals surface area contributed by atoms with Crippen molar-refractivity contribution in [1.82, 2.24) is 4.90 Å². The van der Waals surface area contributed by atoms with Crippen molar-refractivity contribution in [1.29, 1.82) is 0 Å². The van der Waals surface area contributed by atoms with Gasteiger partial charge >= 0.3 is 0 Å². The molecule has 1 aromatic rings. The molecule has 0 bridgehead atoms. The molecule has 0 spiro atoms. The number of amides is 1. The molecule has 0 aliphatic heterocycles. The molecule has 0 saturated heterocycles. The minimum atomic E-state index is -0.398. The number of benzene rings is 1. The van der Waals surface area contributed by atoms with Crippen LogP contribution in [0.25, 0.3) is 0 Å². The Morgan fingerprint density at radius 1 is 1.44 bits per heavy atom. The van der Waals surface area contributed by atoms with Gasteiger partial charge in [-0.05, 0) is 37.0 Å². The van der Waals surface area contributed by atoms with Gasteiger partial charge in [-0.1, -0.05) is 31.9 Å². The molecule has 0 aromatic heterocycles. The molecule has 5 heteroatoms. The number of halogens is 3. The lowest BCUT2D eigenvalue weighted by Crippen LogP contribution is -2.37. The summed E-state index contributed by atoms with van der Waals surface area (Å²) in [6.45, 7) is 0.731. The van der Waals surface area contributed by atoms with Crippen LogP contribution in [0.3, 0.4) is 0 Å². The summed E-state index contributed by atoms with van der Waals surface area (Å²) >= 11 is 6.73. The average Bonchev–Trinajstić information content (AvgIpc) is 2.24. The molecule has 1 aliphatic rings. The van der Waals surface area contributed by atoms with Gasteiger partial charge in [-0.15, -0.1) is 0 Å². The third kappa shape index (κ3) is 3.32. The molecule has 0 unspecified atom stereocenters. The SMILES string of the molecule is CN(CC1CC(Br)C1)C(=O)c1cc(F)cc(Br)c1. The molecular weight excluding hydrogens is 365 g/mol. The van der Waals surface area contributed by atoms with Crippen LogP contribution in [0.2, 0.25) is 0 Å². The van der Waals surface area contributed by atoms with E-state index in [-0.39, 0.29) is 5.91 Å². The van der Waals surface area contributed by atoms with E-state index in [9.17, 15) is 9.18 Å². The van der Waals surface area contributed by atoms with Gasteiger partial charge in [0.1, 0.15) is 5.82 Å². The van der Waals surface area contributed by atoms with E-state index in [1.165, 1.54) is 12.1 Å². The van der Waals surface area contributed by atoms with E-state index in [2.05, 4.69) is 31.9 Å². The summed E-state index contributed by atoms with van der Waals surface area (Å²) in [6.07, 6.45) is 2.20. The number of hydrogen-bond acceptors (Lipinski definition) is 1. The fourth-order valence-corrected chi connectivity index (χ4v) is 3.69. The maximum absolute atomic E-state index is 13.2. The van der Waals surface area contributed by atoms with Crippen LogP contribution in [-0.2, 0) is 0 Å². The molecular formula is C13H14Br2FNO. The van der Waals surface area contributed by atoms with Crippen LogP contribution in [0.5, 0.6) is 0 Å². The van der Waals surface area contributed by atoms with Gasteiger partial charge in [0.15, 0.2) is 0 Å². The van der Waals surface area contributed by atoms with Gasteiger partial charge in [0.05, 0.1) is 0 Å². The Kier molecular flexibility index (Phi) is 4.43. The number of nitrogens with zero attached hydrogens (tertiary/aromatic N) is 1. The Balaban J connectivity index is 2.01. The monoisotopic (exact) mass is 377 g/mol. The Hall–Kier alpha value is -0.420. The zero-order chi connectivity index (χ0) is 13.3. The molecule has 0 N–H and O–H groups in total. The molecule has 1 saturated carbocycles. The number of rotatable bonds is 3. The third-order valence-electron chi connectivity index (χ3n) is 3.17. The van der Waals surface area contributed by atoms with E-state index < -0.39 is 5.82 Å². The van der Waals surface area contributed by atoms with E-state index in [4.69, 9.17) is 0 Å². The summed E-state index contributed by atoms with van der Waals surface area (Å²) in [5.41, 5.74) is 0.388. The van der Waals surface area contributed by atoms with Crippen LogP contribution in [0.4, 0.5) is 4.39 Å². The van der Waals surface area contributed by atoms with Crippen LogP contribution in [0.1, 0.15) is 23.2 Å². The smallest absolute Gasteiger partial charge is 0.253 e. The largest absolute Gasteiger partial charge is 0.341 e. The molecule has 0 heterocycles. The second kappa shape index (κ2) is 5.70. The maximum atomic E-state index is 13.2. The molecule has 98 valence electrons. The Labute approximate surface area is 123 Å². The first-order valence-corrected chi connectivity index (χ1v) is 7.52. The molecule has 2 nitrogen and oxygen atoms in total. The minimum absolute atomic E-state index is 0.131. The summed E-state index contributed by atoms with van der Waals surface area (Å²) in [4.78, 5) is 14.4. The van der Waals surface area contributed by atoms with Gasteiger partial charge < -0.3 is 4.90 Å². The Bertz CT molecular complexity index is 440. The van der Waals surface area contributed by atoms with Gasteiger partial charge in [-0.2, -0.15) is 0 Å². The summed E-state index contributed by atoms with van der Waals surface area (Å²) in [7, 11) is 1.77. The van der Waals surface area contributed by atoms with Crippen molar-refractivity contribution in [3.05, 3.63) is 34.1 Å². The average molecular weight is 379 g/mol. The first kappa shape index (κ1) is 14.0. The second-order valence-electron chi connectivity index (χ2n) is 4.78. The minimum Gasteiger partial charge on any atom is -0.341 e. The number of carbonyl (C=O) groups is 1. The zero-order valence-corrected chi connectivity index (χ0v) is 13.2. The molecule has 0 radical (unpaired) electrons. The Morgan fingerprint density at radius 2 is 2.11 bits per heavy atom. The van der Waals surface area contributed by atoms with Crippen LogP contribution >= 0.6 is 31.9 Å². The maximum Gasteiger partial charge on any atom is 0.253 e. The summed E-state index contributed by atoms with van der Waals surface area (Å²) in [6, 6.07) is 4.27. The van der Waals surface area contributed by atoms with Crippen LogP contribution in [0, 0.1) is 11.7 Å². The van der Waals surface area contributed by atoms with Crippen LogP contribution in [0.15, 0.2) is 22.7 Å². The van der Waals surface area contributed by atoms with Crippen molar-refractivity contribution in [2.45, 2.75) is 17.7 Å². The number of hydrogen-bond donors (Lipinski definition) is 0. The Morgan fingerprint density at radius 3 is 2.67 bits per heavy atom. The standard InChI is InChI=1S/C13H14Br2FNO/c1-17(7-8-2-10(14)3-8)13(18)9-4-11(15)6-12(16)5-9/h4-6,8,10H,2-3,7H2,1H3. The lowest BCUT2D eigenvalue weighted by molar-refractivity contribution is 0.0748. The van der Waals surface area contributed by atoms with Crippen molar-refractivity contribution in [2.24, 2.45) is 5.92 Å². The van der Waals surface area contributed by atoms with Crippen molar-refractivity contribution in [3.8, 4) is 0 Å². The number of carbonyl (C=O) groups excluding carboxylic acids is 1. The van der Waals surface area contributed by atoms with Gasteiger partial charge in [0.25, 0.3) is 5.91 Å². The lowest BCUT2D eigenvalue weighted by atomic mass is 9.85. The quantitative estimate of drug-likeness (QED) is 0.732. The summed E-state index contributed by atoms with van der Waals surface area (Å²) in [5.74, 6) is 0.0267. The summed E-state index contributed by atoms with van der Waals surface area (Å²) < 4.78 is 13.8. The van der Waals surface area contributed by atoms with E-state index in [1.807, 2.05) is 0 Å². The van der Waals surface area contributed by atoms with E-state index in [1.54, 1.807) is 18.0 Å². The predicted octanol–water partition coefficient (Wildman–Crippen LogP) is 3.83. The highest BCUT2D eigenvalue weighted by atomic mass is 79.9. The van der Waals surface area contributed by atoms with Crippen molar-refractivity contribution >= 4 is 37.8 Å². The highest BCUT2D eigenvalue weighted by Crippen LogP contribution is 2.33. The van der Waals surface area contributed by atoms with E-state index in [0.717, 1.165) is 19.4 Å². The molecule has 1 fully saturated rings. The van der Waals surface area contributed by atoms with Gasteiger partial charge in [-0.3, -0.25) is 4.79 Å². The molecule has 1 aromatic carbocycles. The molecule has 2 rings (SSSR count). The topological polar surface area (TPSA) is 20.3 Å². The number of alkyl halides is 1.